The van der Waals surface area contributed by atoms with Gasteiger partial charge in [-0.25, -0.2) is 9.37 Å². The van der Waals surface area contributed by atoms with Crippen molar-refractivity contribution in [3.8, 4) is 0 Å². The number of halogens is 1. The molecule has 1 aliphatic rings. The molecular formula is C22H24FN5O3. The minimum atomic E-state index is -0.691. The molecule has 3 aromatic rings. The lowest BCUT2D eigenvalue weighted by molar-refractivity contribution is 0.0960. The molecule has 31 heavy (non-hydrogen) atoms. The summed E-state index contributed by atoms with van der Waals surface area (Å²) in [6.07, 6.45) is 3.19. The molecule has 0 radical (unpaired) electrons. The summed E-state index contributed by atoms with van der Waals surface area (Å²) in [6, 6.07) is 5.65. The number of nitrogens with zero attached hydrogens (tertiary/aromatic N) is 3. The lowest BCUT2D eigenvalue weighted by Crippen LogP contribution is -2.28. The third-order valence-electron chi connectivity index (χ3n) is 5.92. The van der Waals surface area contributed by atoms with Crippen molar-refractivity contribution in [3.63, 3.8) is 0 Å². The number of nitrogens with two attached hydrogens (primary N) is 1. The van der Waals surface area contributed by atoms with Crippen molar-refractivity contribution in [1.29, 1.82) is 0 Å². The number of amides is 1. The van der Waals surface area contributed by atoms with E-state index in [2.05, 4.69) is 14.9 Å². The Kier molecular flexibility index (Phi) is 5.69. The van der Waals surface area contributed by atoms with Crippen LogP contribution >= 0.6 is 0 Å². The monoisotopic (exact) mass is 425 g/mol. The topological polar surface area (TPSA) is 114 Å². The summed E-state index contributed by atoms with van der Waals surface area (Å²) < 4.78 is 14.4. The molecule has 0 aliphatic carbocycles. The van der Waals surface area contributed by atoms with Gasteiger partial charge in [-0.05, 0) is 56.5 Å². The van der Waals surface area contributed by atoms with Gasteiger partial charge in [-0.1, -0.05) is 0 Å². The van der Waals surface area contributed by atoms with Gasteiger partial charge < -0.3 is 15.6 Å². The highest BCUT2D eigenvalue weighted by atomic mass is 19.1. The Morgan fingerprint density at radius 3 is 2.74 bits per heavy atom. The average molecular weight is 425 g/mol. The van der Waals surface area contributed by atoms with Crippen LogP contribution in [0.25, 0.3) is 5.65 Å². The van der Waals surface area contributed by atoms with Crippen molar-refractivity contribution in [2.24, 2.45) is 11.7 Å². The van der Waals surface area contributed by atoms with E-state index in [9.17, 15) is 18.8 Å². The number of carbonyl (C=O) groups is 2. The first-order valence-corrected chi connectivity index (χ1v) is 10.2. The zero-order valence-corrected chi connectivity index (χ0v) is 17.2. The van der Waals surface area contributed by atoms with Crippen LogP contribution in [0.2, 0.25) is 0 Å². The molecule has 1 amide bonds. The predicted octanol–water partition coefficient (Wildman–Crippen LogP) is 1.71. The Bertz CT molecular complexity index is 1200. The number of aromatic amines is 1. The molecule has 3 N–H and O–H groups in total. The van der Waals surface area contributed by atoms with Gasteiger partial charge in [0.25, 0.3) is 11.5 Å². The standard InChI is InChI=1S/C22H24FN5O3/c1-13-17(22(31)28-12-25-19(20(24)30)21(28)26-13)7-9-27-8-6-14(11-27)10-18(29)15-2-4-16(23)5-3-15/h2-5,12,14,26H,6-11H2,1H3,(H2,24,30). The van der Waals surface area contributed by atoms with Crippen LogP contribution in [0.5, 0.6) is 0 Å². The van der Waals surface area contributed by atoms with Crippen LogP contribution in [-0.4, -0.2) is 50.6 Å². The Morgan fingerprint density at radius 1 is 1.29 bits per heavy atom. The lowest BCUT2D eigenvalue weighted by atomic mass is 9.97. The number of aromatic nitrogens is 3. The number of imidazole rings is 1. The number of primary amides is 1. The van der Waals surface area contributed by atoms with Gasteiger partial charge >= 0.3 is 0 Å². The number of aryl methyl sites for hydroxylation is 1. The van der Waals surface area contributed by atoms with Crippen LogP contribution < -0.4 is 11.3 Å². The van der Waals surface area contributed by atoms with E-state index in [1.54, 1.807) is 6.92 Å². The summed E-state index contributed by atoms with van der Waals surface area (Å²) >= 11 is 0. The molecule has 162 valence electrons. The highest BCUT2D eigenvalue weighted by Crippen LogP contribution is 2.22. The third-order valence-corrected chi connectivity index (χ3v) is 5.92. The maximum Gasteiger partial charge on any atom is 0.271 e. The Balaban J connectivity index is 1.38. The quantitative estimate of drug-likeness (QED) is 0.560. The Hall–Kier alpha value is -3.33. The van der Waals surface area contributed by atoms with Crippen molar-refractivity contribution < 1.29 is 14.0 Å². The second-order valence-corrected chi connectivity index (χ2v) is 8.05. The van der Waals surface area contributed by atoms with E-state index >= 15 is 0 Å². The SMILES string of the molecule is Cc1[nH]c2c(C(N)=O)ncn2c(=O)c1CCN1CCC(CC(=O)c2ccc(F)cc2)C1. The van der Waals surface area contributed by atoms with E-state index < -0.39 is 5.91 Å². The molecule has 4 rings (SSSR count). The molecule has 8 nitrogen and oxygen atoms in total. The number of carbonyl (C=O) groups excluding carboxylic acids is 2. The number of ketones is 1. The largest absolute Gasteiger partial charge is 0.364 e. The van der Waals surface area contributed by atoms with E-state index in [4.69, 9.17) is 5.73 Å². The van der Waals surface area contributed by atoms with Gasteiger partial charge in [0.2, 0.25) is 0 Å². The fraction of sp³-hybridized carbons (Fsp3) is 0.364. The first-order valence-electron chi connectivity index (χ1n) is 10.2. The van der Waals surface area contributed by atoms with Crippen molar-refractivity contribution in [3.05, 3.63) is 69.3 Å². The van der Waals surface area contributed by atoms with Gasteiger partial charge in [-0.3, -0.25) is 18.8 Å². The molecular weight excluding hydrogens is 401 g/mol. The van der Waals surface area contributed by atoms with Crippen molar-refractivity contribution >= 4 is 17.3 Å². The molecule has 1 fully saturated rings. The Morgan fingerprint density at radius 2 is 2.03 bits per heavy atom. The fourth-order valence-electron chi connectivity index (χ4n) is 4.22. The van der Waals surface area contributed by atoms with Gasteiger partial charge in [0.1, 0.15) is 12.1 Å². The highest BCUT2D eigenvalue weighted by molar-refractivity contribution is 5.97. The van der Waals surface area contributed by atoms with Crippen molar-refractivity contribution in [2.45, 2.75) is 26.2 Å². The summed E-state index contributed by atoms with van der Waals surface area (Å²) in [5.74, 6) is -0.779. The number of rotatable bonds is 7. The molecule has 1 aromatic carbocycles. The maximum absolute atomic E-state index is 13.0. The van der Waals surface area contributed by atoms with E-state index in [-0.39, 0.29) is 28.8 Å². The van der Waals surface area contributed by atoms with Gasteiger partial charge in [-0.2, -0.15) is 0 Å². The van der Waals surface area contributed by atoms with Gasteiger partial charge in [-0.15, -0.1) is 0 Å². The number of hydrogen-bond donors (Lipinski definition) is 2. The van der Waals surface area contributed by atoms with Crippen LogP contribution in [-0.2, 0) is 6.42 Å². The summed E-state index contributed by atoms with van der Waals surface area (Å²) in [5.41, 5.74) is 7.29. The van der Waals surface area contributed by atoms with E-state index in [0.717, 1.165) is 19.5 Å². The first kappa shape index (κ1) is 20.9. The summed E-state index contributed by atoms with van der Waals surface area (Å²) in [6.45, 7) is 4.12. The predicted molar refractivity (Wildman–Crippen MR) is 113 cm³/mol. The molecule has 9 heteroatoms. The van der Waals surface area contributed by atoms with Crippen molar-refractivity contribution in [1.82, 2.24) is 19.3 Å². The van der Waals surface area contributed by atoms with Crippen LogP contribution in [0, 0.1) is 18.7 Å². The number of H-pyrrole nitrogens is 1. The van der Waals surface area contributed by atoms with E-state index in [0.29, 0.717) is 41.9 Å². The number of likely N-dealkylation sites (tertiary alicyclic amines) is 1. The summed E-state index contributed by atoms with van der Waals surface area (Å²) in [5, 5.41) is 0. The zero-order valence-electron chi connectivity index (χ0n) is 17.2. The second kappa shape index (κ2) is 8.43. The minimum absolute atomic E-state index is 0.0231. The van der Waals surface area contributed by atoms with Gasteiger partial charge in [0.15, 0.2) is 17.1 Å². The molecule has 2 aromatic heterocycles. The summed E-state index contributed by atoms with van der Waals surface area (Å²) in [4.78, 5) is 46.0. The molecule has 1 saturated heterocycles. The fourth-order valence-corrected chi connectivity index (χ4v) is 4.22. The van der Waals surface area contributed by atoms with E-state index in [1.807, 2.05) is 0 Å². The third kappa shape index (κ3) is 4.27. The van der Waals surface area contributed by atoms with Crippen LogP contribution in [0.3, 0.4) is 0 Å². The molecule has 0 spiro atoms. The number of hydrogen-bond acceptors (Lipinski definition) is 5. The van der Waals surface area contributed by atoms with Crippen LogP contribution in [0.1, 0.15) is 44.9 Å². The molecule has 1 unspecified atom stereocenters. The molecule has 1 atom stereocenters. The van der Waals surface area contributed by atoms with Crippen LogP contribution in [0.15, 0.2) is 35.4 Å². The summed E-state index contributed by atoms with van der Waals surface area (Å²) in [7, 11) is 0. The minimum Gasteiger partial charge on any atom is -0.364 e. The second-order valence-electron chi connectivity index (χ2n) is 8.05. The average Bonchev–Trinajstić information content (AvgIpc) is 3.35. The van der Waals surface area contributed by atoms with Gasteiger partial charge in [0, 0.05) is 36.3 Å². The van der Waals surface area contributed by atoms with E-state index in [1.165, 1.54) is 35.0 Å². The maximum atomic E-state index is 13.0. The number of fused-ring (bicyclic) bond motifs is 1. The lowest BCUT2D eigenvalue weighted by Gasteiger charge is -2.16. The molecule has 1 aliphatic heterocycles. The normalized spacial score (nSPS) is 16.8. The van der Waals surface area contributed by atoms with Gasteiger partial charge in [0.05, 0.1) is 0 Å². The first-order chi connectivity index (χ1) is 14.8. The van der Waals surface area contributed by atoms with Crippen LogP contribution in [0.4, 0.5) is 4.39 Å². The Labute approximate surface area is 177 Å². The number of benzene rings is 1. The molecule has 0 bridgehead atoms. The number of Topliss-reactive ketones (excluding diaryl/α,β-unsaturated/α-hetero) is 1. The smallest absolute Gasteiger partial charge is 0.271 e. The molecule has 3 heterocycles. The zero-order chi connectivity index (χ0) is 22.1. The van der Waals surface area contributed by atoms with Crippen molar-refractivity contribution in [2.75, 3.05) is 19.6 Å². The number of nitrogens with one attached hydrogen (secondary N) is 1. The molecule has 0 saturated carbocycles. The highest BCUT2D eigenvalue weighted by Gasteiger charge is 2.25.